The van der Waals surface area contributed by atoms with E-state index >= 15 is 0 Å². The van der Waals surface area contributed by atoms with Gasteiger partial charge in [-0.05, 0) is 29.8 Å². The summed E-state index contributed by atoms with van der Waals surface area (Å²) in [4.78, 5) is 40.7. The molecule has 0 bridgehead atoms. The van der Waals surface area contributed by atoms with Crippen LogP contribution in [-0.4, -0.2) is 56.3 Å². The number of benzene rings is 2. The third-order valence-electron chi connectivity index (χ3n) is 4.05. The predicted octanol–water partition coefficient (Wildman–Crippen LogP) is 3.85. The van der Waals surface area contributed by atoms with Crippen molar-refractivity contribution in [3.8, 4) is 0 Å². The molecule has 1 heterocycles. The predicted molar refractivity (Wildman–Crippen MR) is 105 cm³/mol. The van der Waals surface area contributed by atoms with Gasteiger partial charge < -0.3 is 29.8 Å². The van der Waals surface area contributed by atoms with E-state index < -0.39 is 36.2 Å². The highest BCUT2D eigenvalue weighted by Gasteiger charge is 2.31. The van der Waals surface area contributed by atoms with E-state index in [2.05, 4.69) is 14.7 Å². The van der Waals surface area contributed by atoms with E-state index in [0.29, 0.717) is 16.2 Å². The molecule has 0 radical (unpaired) electrons. The number of ether oxygens (including phenoxy) is 2. The van der Waals surface area contributed by atoms with Crippen molar-refractivity contribution in [3.05, 3.63) is 59.7 Å². The van der Waals surface area contributed by atoms with Crippen molar-refractivity contribution in [3.63, 3.8) is 0 Å². The topological polar surface area (TPSA) is 159 Å². The minimum Gasteiger partial charge on any atom is -0.478 e. The van der Waals surface area contributed by atoms with Crippen LogP contribution in [0.4, 0.5) is 9.59 Å². The summed E-state index contributed by atoms with van der Waals surface area (Å²) < 4.78 is 9.45. The Kier molecular flexibility index (Phi) is 6.42. The Hall–Kier alpha value is -3.73. The second kappa shape index (κ2) is 9.18. The number of thioether (sulfide) groups is 1. The fourth-order valence-corrected chi connectivity index (χ4v) is 3.89. The molecule has 0 spiro atoms. The Bertz CT molecular complexity index is 1030. The minimum absolute atomic E-state index is 0.0451. The molecular formula is C19H16N2O8S. The van der Waals surface area contributed by atoms with E-state index in [4.69, 9.17) is 20.1 Å². The maximum Gasteiger partial charge on any atom is 0.506 e. The second-order valence-electron chi connectivity index (χ2n) is 6.02. The van der Waals surface area contributed by atoms with E-state index in [1.807, 2.05) is 18.2 Å². The van der Waals surface area contributed by atoms with Crippen LogP contribution in [0.25, 0.3) is 11.0 Å². The van der Waals surface area contributed by atoms with E-state index in [0.717, 1.165) is 17.3 Å². The molecular weight excluding hydrogens is 416 g/mol. The Balaban J connectivity index is 1.97. The van der Waals surface area contributed by atoms with Gasteiger partial charge in [-0.15, -0.1) is 0 Å². The molecule has 30 heavy (non-hydrogen) atoms. The smallest absolute Gasteiger partial charge is 0.478 e. The number of carboxylic acid groups (broad SMARTS) is 3. The number of aromatic carboxylic acids is 1. The van der Waals surface area contributed by atoms with E-state index in [1.165, 1.54) is 24.3 Å². The van der Waals surface area contributed by atoms with E-state index in [-0.39, 0.29) is 5.56 Å². The van der Waals surface area contributed by atoms with Crippen LogP contribution in [0.15, 0.2) is 53.7 Å². The Labute approximate surface area is 173 Å². The molecule has 3 aromatic rings. The molecule has 2 unspecified atom stereocenters. The lowest BCUT2D eigenvalue weighted by Crippen LogP contribution is -2.29. The first-order valence-electron chi connectivity index (χ1n) is 8.53. The number of para-hydroxylation sites is 2. The molecule has 11 heteroatoms. The summed E-state index contributed by atoms with van der Waals surface area (Å²) in [6, 6.07) is 13.0. The van der Waals surface area contributed by atoms with Crippen LogP contribution < -0.4 is 0 Å². The first-order chi connectivity index (χ1) is 14.3. The molecule has 4 N–H and O–H groups in total. The van der Waals surface area contributed by atoms with Gasteiger partial charge in [-0.2, -0.15) is 0 Å². The highest BCUT2D eigenvalue weighted by Crippen LogP contribution is 2.39. The number of fused-ring (bicyclic) bond motifs is 1. The summed E-state index contributed by atoms with van der Waals surface area (Å²) in [5.74, 6) is -1.12. The Morgan fingerprint density at radius 2 is 1.70 bits per heavy atom. The summed E-state index contributed by atoms with van der Waals surface area (Å²) in [7, 11) is 0. The number of H-pyrrole nitrogens is 1. The molecule has 2 aromatic carbocycles. The average molecular weight is 432 g/mol. The molecule has 3 rings (SSSR count). The maximum atomic E-state index is 11.2. The zero-order chi connectivity index (χ0) is 21.7. The minimum atomic E-state index is -1.61. The van der Waals surface area contributed by atoms with Crippen LogP contribution in [0.1, 0.15) is 21.2 Å². The third kappa shape index (κ3) is 5.20. The van der Waals surface area contributed by atoms with Crippen molar-refractivity contribution in [2.75, 3.05) is 6.61 Å². The van der Waals surface area contributed by atoms with Gasteiger partial charge in [0.1, 0.15) is 6.61 Å². The zero-order valence-corrected chi connectivity index (χ0v) is 16.0. The first kappa shape index (κ1) is 21.0. The van der Waals surface area contributed by atoms with E-state index in [9.17, 15) is 14.4 Å². The van der Waals surface area contributed by atoms with Crippen molar-refractivity contribution >= 4 is 41.1 Å². The molecule has 0 fully saturated rings. The summed E-state index contributed by atoms with van der Waals surface area (Å²) in [6.07, 6.45) is -4.40. The number of nitrogens with one attached hydrogen (secondary N) is 1. The van der Waals surface area contributed by atoms with Gasteiger partial charge in [0.2, 0.25) is 0 Å². The Morgan fingerprint density at radius 3 is 2.30 bits per heavy atom. The van der Waals surface area contributed by atoms with Gasteiger partial charge in [-0.25, -0.2) is 19.4 Å². The van der Waals surface area contributed by atoms with Crippen LogP contribution in [0.5, 0.6) is 0 Å². The highest BCUT2D eigenvalue weighted by molar-refractivity contribution is 7.99. The molecule has 10 nitrogen and oxygen atoms in total. The summed E-state index contributed by atoms with van der Waals surface area (Å²) in [5.41, 5.74) is 2.00. The van der Waals surface area contributed by atoms with Crippen molar-refractivity contribution in [1.29, 1.82) is 0 Å². The van der Waals surface area contributed by atoms with Gasteiger partial charge in [0, 0.05) is 0 Å². The number of imidazole rings is 1. The van der Waals surface area contributed by atoms with Gasteiger partial charge >= 0.3 is 18.3 Å². The molecule has 1 aromatic heterocycles. The van der Waals surface area contributed by atoms with Gasteiger partial charge in [0.25, 0.3) is 0 Å². The number of aromatic nitrogens is 2. The number of aromatic amines is 1. The van der Waals surface area contributed by atoms with Crippen molar-refractivity contribution in [1.82, 2.24) is 9.97 Å². The molecule has 0 amide bonds. The highest BCUT2D eigenvalue weighted by atomic mass is 32.2. The molecule has 0 aliphatic heterocycles. The monoisotopic (exact) mass is 432 g/mol. The van der Waals surface area contributed by atoms with Gasteiger partial charge in [0.05, 0.1) is 21.8 Å². The van der Waals surface area contributed by atoms with Crippen molar-refractivity contribution < 1.29 is 39.2 Å². The summed E-state index contributed by atoms with van der Waals surface area (Å²) >= 11 is 1.11. The molecule has 156 valence electrons. The van der Waals surface area contributed by atoms with E-state index in [1.54, 1.807) is 6.07 Å². The number of carboxylic acids is 1. The zero-order valence-electron chi connectivity index (χ0n) is 15.2. The molecule has 0 saturated heterocycles. The lowest BCUT2D eigenvalue weighted by Gasteiger charge is -2.24. The molecule has 2 atom stereocenters. The number of carbonyl (C=O) groups is 3. The lowest BCUT2D eigenvalue weighted by molar-refractivity contribution is 0.00412. The van der Waals surface area contributed by atoms with Gasteiger partial charge in [-0.3, -0.25) is 0 Å². The van der Waals surface area contributed by atoms with Crippen LogP contribution in [0.2, 0.25) is 0 Å². The molecule has 0 aliphatic carbocycles. The summed E-state index contributed by atoms with van der Waals surface area (Å²) in [5, 5.41) is 26.7. The van der Waals surface area contributed by atoms with Gasteiger partial charge in [-0.1, -0.05) is 36.0 Å². The normalized spacial score (nSPS) is 12.8. The fraction of sp³-hybridized carbons (Fsp3) is 0.158. The SMILES string of the molecule is O=C(O)OCC(OC(=O)O)C(Sc1nc2ccccc2[nH]1)c1ccc(C(=O)O)cc1. The lowest BCUT2D eigenvalue weighted by atomic mass is 10.1. The van der Waals surface area contributed by atoms with Crippen LogP contribution in [0.3, 0.4) is 0 Å². The van der Waals surface area contributed by atoms with Crippen LogP contribution in [-0.2, 0) is 9.47 Å². The number of rotatable bonds is 8. The third-order valence-corrected chi connectivity index (χ3v) is 5.30. The maximum absolute atomic E-state index is 11.2. The molecule has 0 aliphatic rings. The van der Waals surface area contributed by atoms with Crippen LogP contribution in [0, 0.1) is 0 Å². The largest absolute Gasteiger partial charge is 0.506 e. The fourth-order valence-electron chi connectivity index (χ4n) is 2.75. The first-order valence-corrected chi connectivity index (χ1v) is 9.41. The standard InChI is InChI=1S/C19H16N2O8S/c22-16(23)11-7-5-10(6-8-11)15(14(29-19(26)27)9-28-18(24)25)30-17-20-12-3-1-2-4-13(12)21-17/h1-8,14-15H,9H2,(H,20,21)(H,22,23)(H,24,25)(H,26,27). The number of nitrogens with zero attached hydrogens (tertiary/aromatic N) is 1. The van der Waals surface area contributed by atoms with Gasteiger partial charge in [0.15, 0.2) is 11.3 Å². The summed E-state index contributed by atoms with van der Waals surface area (Å²) in [6.45, 7) is -0.555. The number of hydrogen-bond acceptors (Lipinski definition) is 7. The van der Waals surface area contributed by atoms with Crippen LogP contribution >= 0.6 is 11.8 Å². The van der Waals surface area contributed by atoms with Crippen molar-refractivity contribution in [2.24, 2.45) is 0 Å². The molecule has 0 saturated carbocycles. The average Bonchev–Trinajstić information content (AvgIpc) is 3.12. The van der Waals surface area contributed by atoms with Crippen molar-refractivity contribution in [2.45, 2.75) is 16.5 Å². The number of hydrogen-bond donors (Lipinski definition) is 4. The Morgan fingerprint density at radius 1 is 1.00 bits per heavy atom. The second-order valence-corrected chi connectivity index (χ2v) is 7.15. The quantitative estimate of drug-likeness (QED) is 0.304.